The number of thiazole rings is 1. The van der Waals surface area contributed by atoms with Gasteiger partial charge in [-0.05, 0) is 37.8 Å². The van der Waals surface area contributed by atoms with Crippen molar-refractivity contribution >= 4 is 27.8 Å². The van der Waals surface area contributed by atoms with E-state index in [0.717, 1.165) is 31.3 Å². The van der Waals surface area contributed by atoms with E-state index in [4.69, 9.17) is 0 Å². The first-order chi connectivity index (χ1) is 9.24. The Balaban J connectivity index is 1.85. The molecule has 0 aliphatic rings. The summed E-state index contributed by atoms with van der Waals surface area (Å²) >= 11 is 3.61. The molecule has 0 radical (unpaired) electrons. The molecule has 0 saturated carbocycles. The molecule has 0 amide bonds. The van der Waals surface area contributed by atoms with Crippen LogP contribution < -0.4 is 10.2 Å². The number of nitrogens with one attached hydrogen (secondary N) is 1. The number of aromatic nitrogens is 1. The van der Waals surface area contributed by atoms with Crippen LogP contribution in [0.1, 0.15) is 29.2 Å². The molecule has 5 heteroatoms. The molecule has 19 heavy (non-hydrogen) atoms. The van der Waals surface area contributed by atoms with E-state index >= 15 is 0 Å². The van der Waals surface area contributed by atoms with Crippen molar-refractivity contribution in [1.29, 1.82) is 0 Å². The van der Waals surface area contributed by atoms with Crippen molar-refractivity contribution in [3.63, 3.8) is 0 Å². The highest BCUT2D eigenvalue weighted by Crippen LogP contribution is 2.22. The molecule has 2 aromatic rings. The highest BCUT2D eigenvalue weighted by molar-refractivity contribution is 7.15. The second-order valence-corrected chi connectivity index (χ2v) is 6.51. The summed E-state index contributed by atoms with van der Waals surface area (Å²) in [6.45, 7) is 10.4. The standard InChI is InChI=1S/C14H21N3S2/c1-4-17(5-2)14-16-9-12(19-14)8-15-10-13-11(3)6-7-18-13/h6-7,9,15H,4-5,8,10H2,1-3H3. The molecule has 0 spiro atoms. The molecule has 1 N–H and O–H groups in total. The largest absolute Gasteiger partial charge is 0.349 e. The van der Waals surface area contributed by atoms with Crippen LogP contribution in [0.25, 0.3) is 0 Å². The van der Waals surface area contributed by atoms with Crippen LogP contribution in [0.2, 0.25) is 0 Å². The maximum absolute atomic E-state index is 4.50. The maximum Gasteiger partial charge on any atom is 0.185 e. The van der Waals surface area contributed by atoms with Gasteiger partial charge in [-0.3, -0.25) is 0 Å². The van der Waals surface area contributed by atoms with Crippen LogP contribution in [0.5, 0.6) is 0 Å². The Hall–Kier alpha value is -0.910. The van der Waals surface area contributed by atoms with E-state index in [9.17, 15) is 0 Å². The Morgan fingerprint density at radius 2 is 2.05 bits per heavy atom. The molecule has 0 aliphatic carbocycles. The van der Waals surface area contributed by atoms with Gasteiger partial charge in [0.1, 0.15) is 0 Å². The summed E-state index contributed by atoms with van der Waals surface area (Å²) in [6, 6.07) is 2.17. The monoisotopic (exact) mass is 295 g/mol. The summed E-state index contributed by atoms with van der Waals surface area (Å²) in [7, 11) is 0. The van der Waals surface area contributed by atoms with Gasteiger partial charge in [-0.2, -0.15) is 0 Å². The molecule has 0 unspecified atom stereocenters. The second kappa shape index (κ2) is 7.03. The van der Waals surface area contributed by atoms with Crippen LogP contribution >= 0.6 is 22.7 Å². The quantitative estimate of drug-likeness (QED) is 0.845. The van der Waals surface area contributed by atoms with Crippen molar-refractivity contribution in [2.45, 2.75) is 33.9 Å². The average molecular weight is 295 g/mol. The number of thiophene rings is 1. The van der Waals surface area contributed by atoms with E-state index in [1.807, 2.05) is 17.5 Å². The van der Waals surface area contributed by atoms with Crippen molar-refractivity contribution in [3.05, 3.63) is 33.0 Å². The Kier molecular flexibility index (Phi) is 5.36. The summed E-state index contributed by atoms with van der Waals surface area (Å²) in [6.07, 6.45) is 1.99. The summed E-state index contributed by atoms with van der Waals surface area (Å²) in [5, 5.41) is 6.78. The van der Waals surface area contributed by atoms with Crippen LogP contribution in [0, 0.1) is 6.92 Å². The first-order valence-corrected chi connectivity index (χ1v) is 8.37. The lowest BCUT2D eigenvalue weighted by atomic mass is 10.3. The van der Waals surface area contributed by atoms with E-state index < -0.39 is 0 Å². The fourth-order valence-corrected chi connectivity index (χ4v) is 3.79. The second-order valence-electron chi connectivity index (χ2n) is 4.41. The number of rotatable bonds is 7. The molecule has 0 aliphatic heterocycles. The van der Waals surface area contributed by atoms with Crippen LogP contribution in [-0.4, -0.2) is 18.1 Å². The van der Waals surface area contributed by atoms with Crippen molar-refractivity contribution in [2.75, 3.05) is 18.0 Å². The van der Waals surface area contributed by atoms with Gasteiger partial charge in [-0.15, -0.1) is 22.7 Å². The predicted molar refractivity (Wildman–Crippen MR) is 85.3 cm³/mol. The lowest BCUT2D eigenvalue weighted by Crippen LogP contribution is -2.21. The smallest absolute Gasteiger partial charge is 0.185 e. The van der Waals surface area contributed by atoms with Gasteiger partial charge in [-0.25, -0.2) is 4.98 Å². The van der Waals surface area contributed by atoms with E-state index in [2.05, 4.69) is 47.4 Å². The lowest BCUT2D eigenvalue weighted by Gasteiger charge is -2.16. The van der Waals surface area contributed by atoms with Gasteiger partial charge in [-0.1, -0.05) is 0 Å². The molecular formula is C14H21N3S2. The summed E-state index contributed by atoms with van der Waals surface area (Å²) in [5.74, 6) is 0. The minimum absolute atomic E-state index is 0.899. The number of hydrogen-bond donors (Lipinski definition) is 1. The summed E-state index contributed by atoms with van der Waals surface area (Å²) in [5.41, 5.74) is 1.38. The Morgan fingerprint density at radius 1 is 1.26 bits per heavy atom. The molecule has 104 valence electrons. The van der Waals surface area contributed by atoms with E-state index in [-0.39, 0.29) is 0 Å². The zero-order valence-electron chi connectivity index (χ0n) is 11.8. The van der Waals surface area contributed by atoms with E-state index in [1.165, 1.54) is 15.3 Å². The van der Waals surface area contributed by atoms with Crippen LogP contribution in [-0.2, 0) is 13.1 Å². The van der Waals surface area contributed by atoms with Gasteiger partial charge in [0.15, 0.2) is 5.13 Å². The minimum atomic E-state index is 0.899. The molecule has 0 bridgehead atoms. The normalized spacial score (nSPS) is 10.9. The Labute approximate surface area is 123 Å². The van der Waals surface area contributed by atoms with Gasteiger partial charge in [0.25, 0.3) is 0 Å². The van der Waals surface area contributed by atoms with Crippen LogP contribution in [0.3, 0.4) is 0 Å². The van der Waals surface area contributed by atoms with Gasteiger partial charge in [0, 0.05) is 42.1 Å². The number of hydrogen-bond acceptors (Lipinski definition) is 5. The summed E-state index contributed by atoms with van der Waals surface area (Å²) in [4.78, 5) is 9.51. The maximum atomic E-state index is 4.50. The lowest BCUT2D eigenvalue weighted by molar-refractivity contribution is 0.705. The fourth-order valence-electron chi connectivity index (χ4n) is 1.90. The Morgan fingerprint density at radius 3 is 2.68 bits per heavy atom. The molecule has 2 rings (SSSR count). The highest BCUT2D eigenvalue weighted by atomic mass is 32.1. The predicted octanol–water partition coefficient (Wildman–Crippen LogP) is 3.65. The zero-order chi connectivity index (χ0) is 13.7. The first kappa shape index (κ1) is 14.5. The van der Waals surface area contributed by atoms with E-state index in [1.54, 1.807) is 11.3 Å². The van der Waals surface area contributed by atoms with Crippen molar-refractivity contribution in [2.24, 2.45) is 0 Å². The molecule has 0 atom stereocenters. The zero-order valence-corrected chi connectivity index (χ0v) is 13.4. The SMILES string of the molecule is CCN(CC)c1ncc(CNCc2sccc2C)s1. The molecule has 2 aromatic heterocycles. The number of anilines is 1. The van der Waals surface area contributed by atoms with Crippen molar-refractivity contribution < 1.29 is 0 Å². The van der Waals surface area contributed by atoms with Gasteiger partial charge in [0.05, 0.1) is 0 Å². The third kappa shape index (κ3) is 3.78. The highest BCUT2D eigenvalue weighted by Gasteiger charge is 2.07. The van der Waals surface area contributed by atoms with Crippen LogP contribution in [0.15, 0.2) is 17.6 Å². The fraction of sp³-hybridized carbons (Fsp3) is 0.500. The number of nitrogens with zero attached hydrogens (tertiary/aromatic N) is 2. The van der Waals surface area contributed by atoms with Crippen molar-refractivity contribution in [3.8, 4) is 0 Å². The summed E-state index contributed by atoms with van der Waals surface area (Å²) < 4.78 is 0. The average Bonchev–Trinajstić information content (AvgIpc) is 3.02. The molecule has 2 heterocycles. The molecular weight excluding hydrogens is 274 g/mol. The van der Waals surface area contributed by atoms with Crippen LogP contribution in [0.4, 0.5) is 5.13 Å². The first-order valence-electron chi connectivity index (χ1n) is 6.68. The Bertz CT molecular complexity index is 500. The minimum Gasteiger partial charge on any atom is -0.349 e. The molecule has 3 nitrogen and oxygen atoms in total. The van der Waals surface area contributed by atoms with Crippen molar-refractivity contribution in [1.82, 2.24) is 10.3 Å². The van der Waals surface area contributed by atoms with Gasteiger partial charge in [0.2, 0.25) is 0 Å². The third-order valence-electron chi connectivity index (χ3n) is 3.13. The number of aryl methyl sites for hydroxylation is 1. The van der Waals surface area contributed by atoms with Gasteiger partial charge >= 0.3 is 0 Å². The molecule has 0 saturated heterocycles. The molecule has 0 aromatic carbocycles. The van der Waals surface area contributed by atoms with E-state index in [0.29, 0.717) is 0 Å². The van der Waals surface area contributed by atoms with Gasteiger partial charge < -0.3 is 10.2 Å². The third-order valence-corrected chi connectivity index (χ3v) is 5.21. The molecule has 0 fully saturated rings. The topological polar surface area (TPSA) is 28.2 Å².